The van der Waals surface area contributed by atoms with Crippen molar-refractivity contribution >= 4 is 44.6 Å². The number of esters is 3. The summed E-state index contributed by atoms with van der Waals surface area (Å²) in [5.74, 6) is -2.80. The molecular weight excluding hydrogens is 552 g/mol. The average Bonchev–Trinajstić information content (AvgIpc) is 3.54. The van der Waals surface area contributed by atoms with Crippen LogP contribution in [0.2, 0.25) is 0 Å². The molecule has 8 unspecified atom stereocenters. The van der Waals surface area contributed by atoms with E-state index in [0.717, 1.165) is 19.3 Å². The van der Waals surface area contributed by atoms with E-state index in [1.807, 2.05) is 0 Å². The van der Waals surface area contributed by atoms with Gasteiger partial charge in [0.15, 0.2) is 0 Å². The number of fused-ring (bicyclic) bond motifs is 2. The zero-order valence-electron chi connectivity index (χ0n) is 21.9. The van der Waals surface area contributed by atoms with Crippen molar-refractivity contribution in [1.29, 1.82) is 0 Å². The fourth-order valence-corrected chi connectivity index (χ4v) is 9.84. The summed E-state index contributed by atoms with van der Waals surface area (Å²) < 4.78 is 49.8. The van der Waals surface area contributed by atoms with E-state index in [1.165, 1.54) is 24.3 Å². The van der Waals surface area contributed by atoms with Crippen molar-refractivity contribution in [2.75, 3.05) is 0 Å². The van der Waals surface area contributed by atoms with Crippen molar-refractivity contribution in [2.45, 2.75) is 55.6 Å². The normalized spacial score (nSPS) is 39.8. The molecule has 1 heterocycles. The predicted octanol–water partition coefficient (Wildman–Crippen LogP) is 3.11. The second kappa shape index (κ2) is 8.38. The van der Waals surface area contributed by atoms with Crippen LogP contribution >= 0.6 is 0 Å². The highest BCUT2D eigenvalue weighted by Gasteiger charge is 2.71. The summed E-state index contributed by atoms with van der Waals surface area (Å²) >= 11 is 0. The maximum Gasteiger partial charge on any atom is 0.315 e. The molecule has 7 fully saturated rings. The van der Waals surface area contributed by atoms with Crippen molar-refractivity contribution in [1.82, 2.24) is 0 Å². The van der Waals surface area contributed by atoms with Gasteiger partial charge < -0.3 is 14.2 Å². The smallest absolute Gasteiger partial charge is 0.315 e. The van der Waals surface area contributed by atoms with Crippen LogP contribution in [0.1, 0.15) is 38.5 Å². The van der Waals surface area contributed by atoms with Crippen LogP contribution in [-0.4, -0.2) is 48.9 Å². The number of hydrogen-bond acceptors (Lipinski definition) is 9. The van der Waals surface area contributed by atoms with Crippen LogP contribution in [0, 0.1) is 46.8 Å². The molecular formula is C30H28O10S. The number of ether oxygens (including phenoxy) is 3. The molecule has 1 saturated heterocycles. The molecule has 7 aliphatic rings. The number of hydrogen-bond donors (Lipinski definition) is 1. The minimum Gasteiger partial charge on any atom is -0.458 e. The van der Waals surface area contributed by atoms with Gasteiger partial charge in [0, 0.05) is 23.7 Å². The summed E-state index contributed by atoms with van der Waals surface area (Å²) in [6, 6.07) is 8.75. The van der Waals surface area contributed by atoms with E-state index in [1.54, 1.807) is 12.1 Å². The standard InChI is InChI=1S/C30H28O10S/c31-24-16-5-13-6-17(24)12-30(10-13,11-16)29(34)40-26-21-9-20-23(28(33)39-25(20)26)22(21)27(32)38-18-3-1-15-8-19(41(35,36)37)4-2-14(15)7-18/h1-4,7-8,13,16-17,20-23,25-26H,5-6,9-12H2,(H,35,36,37). The third-order valence-corrected chi connectivity index (χ3v) is 11.6. The molecule has 2 aromatic carbocycles. The molecule has 0 spiro atoms. The van der Waals surface area contributed by atoms with Crippen LogP contribution in [0.3, 0.4) is 0 Å². The van der Waals surface area contributed by atoms with Gasteiger partial charge in [-0.3, -0.25) is 23.7 Å². The van der Waals surface area contributed by atoms with Crippen molar-refractivity contribution < 1.29 is 46.4 Å². The Hall–Kier alpha value is -3.31. The Morgan fingerprint density at radius 2 is 1.63 bits per heavy atom. The molecule has 6 bridgehead atoms. The molecule has 1 N–H and O–H groups in total. The van der Waals surface area contributed by atoms with Gasteiger partial charge >= 0.3 is 17.9 Å². The summed E-state index contributed by atoms with van der Waals surface area (Å²) in [4.78, 5) is 52.5. The molecule has 1 aliphatic heterocycles. The quantitative estimate of drug-likeness (QED) is 0.317. The second-order valence-electron chi connectivity index (χ2n) is 13.0. The highest BCUT2D eigenvalue weighted by molar-refractivity contribution is 7.85. The highest BCUT2D eigenvalue weighted by atomic mass is 32.2. The van der Waals surface area contributed by atoms with Gasteiger partial charge in [0.2, 0.25) is 0 Å². The zero-order valence-corrected chi connectivity index (χ0v) is 22.7. The van der Waals surface area contributed by atoms with Gasteiger partial charge in [0.05, 0.1) is 22.1 Å². The van der Waals surface area contributed by atoms with Crippen LogP contribution < -0.4 is 4.74 Å². The summed E-state index contributed by atoms with van der Waals surface area (Å²) in [6.45, 7) is 0. The van der Waals surface area contributed by atoms with Crippen molar-refractivity contribution in [2.24, 2.45) is 46.8 Å². The Bertz CT molecular complexity index is 1640. The molecule has 0 aromatic heterocycles. The first-order valence-corrected chi connectivity index (χ1v) is 15.6. The first-order chi connectivity index (χ1) is 19.5. The Morgan fingerprint density at radius 3 is 2.37 bits per heavy atom. The first kappa shape index (κ1) is 25.4. The summed E-state index contributed by atoms with van der Waals surface area (Å²) in [5, 5.41) is 1.12. The number of ketones is 1. The summed E-state index contributed by atoms with van der Waals surface area (Å²) in [6.07, 6.45) is 2.68. The number of carbonyl (C=O) groups excluding carboxylic acids is 4. The monoisotopic (exact) mass is 580 g/mol. The molecule has 10 nitrogen and oxygen atoms in total. The lowest BCUT2D eigenvalue weighted by atomic mass is 9.49. The summed E-state index contributed by atoms with van der Waals surface area (Å²) in [5.41, 5.74) is -0.676. The molecule has 2 aromatic rings. The topological polar surface area (TPSA) is 150 Å². The minimum absolute atomic E-state index is 0.0770. The molecule has 41 heavy (non-hydrogen) atoms. The fourth-order valence-electron chi connectivity index (χ4n) is 9.32. The number of Topliss-reactive ketones (excluding diaryl/α,β-unsaturated/α-hetero) is 1. The molecule has 9 rings (SSSR count). The molecule has 6 aliphatic carbocycles. The third kappa shape index (κ3) is 3.67. The second-order valence-corrected chi connectivity index (χ2v) is 14.4. The van der Waals surface area contributed by atoms with Crippen molar-refractivity contribution in [3.05, 3.63) is 36.4 Å². The Morgan fingerprint density at radius 1 is 0.927 bits per heavy atom. The largest absolute Gasteiger partial charge is 0.458 e. The van der Waals surface area contributed by atoms with Crippen molar-refractivity contribution in [3.8, 4) is 5.75 Å². The van der Waals surface area contributed by atoms with Gasteiger partial charge in [-0.05, 0) is 79.5 Å². The van der Waals surface area contributed by atoms with Crippen LogP contribution in [-0.2, 0) is 38.8 Å². The lowest BCUT2D eigenvalue weighted by Gasteiger charge is -2.54. The van der Waals surface area contributed by atoms with Crippen LogP contribution in [0.5, 0.6) is 5.75 Å². The average molecular weight is 581 g/mol. The van der Waals surface area contributed by atoms with Gasteiger partial charge in [-0.2, -0.15) is 8.42 Å². The molecule has 6 saturated carbocycles. The number of rotatable bonds is 5. The zero-order chi connectivity index (χ0) is 28.4. The van der Waals surface area contributed by atoms with E-state index in [9.17, 15) is 32.1 Å². The molecule has 0 amide bonds. The van der Waals surface area contributed by atoms with Gasteiger partial charge in [-0.15, -0.1) is 0 Å². The van der Waals surface area contributed by atoms with Gasteiger partial charge in [0.25, 0.3) is 10.1 Å². The molecule has 8 atom stereocenters. The van der Waals surface area contributed by atoms with Crippen LogP contribution in [0.4, 0.5) is 0 Å². The Balaban J connectivity index is 1.03. The number of benzene rings is 2. The fraction of sp³-hybridized carbons (Fsp3) is 0.533. The maximum absolute atomic E-state index is 13.7. The molecule has 0 radical (unpaired) electrons. The predicted molar refractivity (Wildman–Crippen MR) is 139 cm³/mol. The van der Waals surface area contributed by atoms with E-state index < -0.39 is 57.4 Å². The SMILES string of the molecule is O=C1C2CC3CC1CC(C(=O)OC1C4CC5C1OC(=O)C5C4C(=O)Oc1ccc4cc(S(=O)(=O)O)ccc4c1)(C3)C2. The van der Waals surface area contributed by atoms with E-state index in [2.05, 4.69) is 0 Å². The first-order valence-electron chi connectivity index (χ1n) is 14.2. The van der Waals surface area contributed by atoms with Gasteiger partial charge in [0.1, 0.15) is 23.7 Å². The number of carbonyl (C=O) groups is 4. The van der Waals surface area contributed by atoms with Gasteiger partial charge in [-0.1, -0.05) is 12.1 Å². The Labute approximate surface area is 235 Å². The van der Waals surface area contributed by atoms with E-state index in [4.69, 9.17) is 14.2 Å². The minimum atomic E-state index is -4.36. The van der Waals surface area contributed by atoms with Crippen LogP contribution in [0.25, 0.3) is 10.8 Å². The van der Waals surface area contributed by atoms with Crippen molar-refractivity contribution in [3.63, 3.8) is 0 Å². The lowest BCUT2D eigenvalue weighted by Crippen LogP contribution is -2.56. The lowest BCUT2D eigenvalue weighted by molar-refractivity contribution is -0.188. The van der Waals surface area contributed by atoms with E-state index in [-0.39, 0.29) is 40.2 Å². The third-order valence-electron chi connectivity index (χ3n) is 10.8. The maximum atomic E-state index is 13.7. The molecule has 214 valence electrons. The molecule has 11 heteroatoms. The highest BCUT2D eigenvalue weighted by Crippen LogP contribution is 2.62. The van der Waals surface area contributed by atoms with E-state index >= 15 is 0 Å². The van der Waals surface area contributed by atoms with E-state index in [0.29, 0.717) is 36.0 Å². The van der Waals surface area contributed by atoms with Gasteiger partial charge in [-0.25, -0.2) is 0 Å². The summed E-state index contributed by atoms with van der Waals surface area (Å²) in [7, 11) is -4.36. The van der Waals surface area contributed by atoms with Crippen LogP contribution in [0.15, 0.2) is 41.3 Å². The Kier molecular flexibility index (Phi) is 5.19.